The van der Waals surface area contributed by atoms with Gasteiger partial charge in [0.15, 0.2) is 11.5 Å². The molecule has 0 aromatic heterocycles. The number of carbonyl (C=O) groups is 2. The van der Waals surface area contributed by atoms with Gasteiger partial charge in [0, 0.05) is 12.1 Å². The van der Waals surface area contributed by atoms with E-state index in [9.17, 15) is 9.59 Å². The highest BCUT2D eigenvalue weighted by atomic mass is 16.5. The first-order valence-corrected chi connectivity index (χ1v) is 5.96. The lowest BCUT2D eigenvalue weighted by Crippen LogP contribution is -2.37. The van der Waals surface area contributed by atoms with Crippen molar-refractivity contribution in [2.45, 2.75) is 6.92 Å². The van der Waals surface area contributed by atoms with Gasteiger partial charge >= 0.3 is 11.8 Å². The highest BCUT2D eigenvalue weighted by Crippen LogP contribution is 2.29. The average Bonchev–Trinajstić information content (AvgIpc) is 2.46. The lowest BCUT2D eigenvalue weighted by molar-refractivity contribution is -0.139. The van der Waals surface area contributed by atoms with Crippen molar-refractivity contribution in [1.82, 2.24) is 10.7 Å². The van der Waals surface area contributed by atoms with Crippen LogP contribution < -0.4 is 20.2 Å². The number of likely N-dealkylation sites (N-methyl/N-ethyl adjacent to an activating group) is 1. The summed E-state index contributed by atoms with van der Waals surface area (Å²) in [5.41, 5.74) is 2.74. The molecule has 0 saturated carbocycles. The van der Waals surface area contributed by atoms with Gasteiger partial charge in [0.1, 0.15) is 0 Å². The third kappa shape index (κ3) is 3.98. The summed E-state index contributed by atoms with van der Waals surface area (Å²) in [7, 11) is 3.03. The minimum Gasteiger partial charge on any atom is -0.493 e. The maximum absolute atomic E-state index is 11.3. The zero-order valence-electron chi connectivity index (χ0n) is 11.6. The summed E-state index contributed by atoms with van der Waals surface area (Å²) in [5, 5.41) is 6.07. The Kier molecular flexibility index (Phi) is 6.02. The topological polar surface area (TPSA) is 89.0 Å². The molecule has 20 heavy (non-hydrogen) atoms. The molecule has 108 valence electrons. The molecule has 0 aliphatic carbocycles. The van der Waals surface area contributed by atoms with Crippen molar-refractivity contribution in [2.75, 3.05) is 20.8 Å². The number of hydrogen-bond acceptors (Lipinski definition) is 5. The standard InChI is InChI=1S/C13H17N3O4/c1-4-14-12(17)13(18)16-15-8-9-6-5-7-10(19-2)11(9)20-3/h5-8H,4H2,1-3H3,(H,14,17)(H,16,18)/b15-8-. The number of carbonyl (C=O) groups excluding carboxylic acids is 2. The molecule has 0 unspecified atom stereocenters. The van der Waals surface area contributed by atoms with Crippen molar-refractivity contribution in [2.24, 2.45) is 5.10 Å². The normalized spacial score (nSPS) is 10.2. The number of rotatable bonds is 5. The minimum atomic E-state index is -0.829. The predicted octanol–water partition coefficient (Wildman–Crippen LogP) is 0.290. The molecule has 7 heteroatoms. The van der Waals surface area contributed by atoms with Crippen molar-refractivity contribution < 1.29 is 19.1 Å². The summed E-state index contributed by atoms with van der Waals surface area (Å²) in [4.78, 5) is 22.5. The molecule has 0 radical (unpaired) electrons. The Morgan fingerprint density at radius 1 is 1.25 bits per heavy atom. The summed E-state index contributed by atoms with van der Waals surface area (Å²) >= 11 is 0. The van der Waals surface area contributed by atoms with Gasteiger partial charge in [-0.2, -0.15) is 5.10 Å². The number of para-hydroxylation sites is 1. The zero-order chi connectivity index (χ0) is 15.0. The van der Waals surface area contributed by atoms with E-state index in [0.29, 0.717) is 23.6 Å². The Morgan fingerprint density at radius 2 is 2.00 bits per heavy atom. The molecule has 0 bridgehead atoms. The molecule has 2 N–H and O–H groups in total. The van der Waals surface area contributed by atoms with E-state index in [-0.39, 0.29) is 0 Å². The number of nitrogens with one attached hydrogen (secondary N) is 2. The first kappa shape index (κ1) is 15.5. The van der Waals surface area contributed by atoms with Gasteiger partial charge in [-0.25, -0.2) is 5.43 Å². The van der Waals surface area contributed by atoms with Gasteiger partial charge < -0.3 is 14.8 Å². The van der Waals surface area contributed by atoms with Crippen LogP contribution >= 0.6 is 0 Å². The monoisotopic (exact) mass is 279 g/mol. The van der Waals surface area contributed by atoms with E-state index in [1.165, 1.54) is 20.4 Å². The fraction of sp³-hybridized carbons (Fsp3) is 0.308. The smallest absolute Gasteiger partial charge is 0.329 e. The molecule has 1 rings (SSSR count). The summed E-state index contributed by atoms with van der Waals surface area (Å²) < 4.78 is 10.3. The van der Waals surface area contributed by atoms with Crippen molar-refractivity contribution >= 4 is 18.0 Å². The van der Waals surface area contributed by atoms with E-state index in [2.05, 4.69) is 15.8 Å². The first-order valence-electron chi connectivity index (χ1n) is 5.96. The second kappa shape index (κ2) is 7.78. The number of methoxy groups -OCH3 is 2. The van der Waals surface area contributed by atoms with Gasteiger partial charge in [-0.3, -0.25) is 9.59 Å². The van der Waals surface area contributed by atoms with Crippen LogP contribution in [0.4, 0.5) is 0 Å². The summed E-state index contributed by atoms with van der Waals surface area (Å²) in [5.74, 6) is -0.523. The van der Waals surface area contributed by atoms with E-state index in [0.717, 1.165) is 0 Å². The molecule has 1 aromatic rings. The van der Waals surface area contributed by atoms with Gasteiger partial charge in [-0.15, -0.1) is 0 Å². The third-order valence-electron chi connectivity index (χ3n) is 2.35. The van der Waals surface area contributed by atoms with E-state index >= 15 is 0 Å². The highest BCUT2D eigenvalue weighted by Gasteiger charge is 2.11. The van der Waals surface area contributed by atoms with Crippen molar-refractivity contribution in [3.63, 3.8) is 0 Å². The van der Waals surface area contributed by atoms with Gasteiger partial charge in [0.05, 0.1) is 20.4 Å². The van der Waals surface area contributed by atoms with Crippen LogP contribution in [0.5, 0.6) is 11.5 Å². The summed E-state index contributed by atoms with van der Waals surface area (Å²) in [6, 6.07) is 5.24. The highest BCUT2D eigenvalue weighted by molar-refractivity contribution is 6.35. The van der Waals surface area contributed by atoms with Crippen molar-refractivity contribution in [1.29, 1.82) is 0 Å². The van der Waals surface area contributed by atoms with E-state index < -0.39 is 11.8 Å². The molecule has 0 spiro atoms. The molecule has 7 nitrogen and oxygen atoms in total. The van der Waals surface area contributed by atoms with Crippen LogP contribution in [0.3, 0.4) is 0 Å². The average molecular weight is 279 g/mol. The number of nitrogens with zero attached hydrogens (tertiary/aromatic N) is 1. The quantitative estimate of drug-likeness (QED) is 0.460. The fourth-order valence-corrected chi connectivity index (χ4v) is 1.47. The van der Waals surface area contributed by atoms with E-state index in [1.54, 1.807) is 25.1 Å². The molecule has 0 aliphatic heterocycles. The summed E-state index contributed by atoms with van der Waals surface area (Å²) in [6.07, 6.45) is 1.37. The SMILES string of the molecule is CCNC(=O)C(=O)N/N=C\c1cccc(OC)c1OC. The molecular formula is C13H17N3O4. The van der Waals surface area contributed by atoms with Gasteiger partial charge in [-0.1, -0.05) is 6.07 Å². The van der Waals surface area contributed by atoms with Crippen LogP contribution in [0, 0.1) is 0 Å². The van der Waals surface area contributed by atoms with Gasteiger partial charge in [0.2, 0.25) is 0 Å². The Balaban J connectivity index is 2.76. The number of hydrogen-bond donors (Lipinski definition) is 2. The lowest BCUT2D eigenvalue weighted by atomic mass is 10.2. The molecule has 0 fully saturated rings. The molecule has 2 amide bonds. The van der Waals surface area contributed by atoms with Crippen LogP contribution in [-0.2, 0) is 9.59 Å². The van der Waals surface area contributed by atoms with E-state index in [4.69, 9.17) is 9.47 Å². The summed E-state index contributed by atoms with van der Waals surface area (Å²) in [6.45, 7) is 2.09. The Hall–Kier alpha value is -2.57. The third-order valence-corrected chi connectivity index (χ3v) is 2.35. The number of hydrazone groups is 1. The molecule has 0 heterocycles. The second-order valence-corrected chi connectivity index (χ2v) is 3.64. The van der Waals surface area contributed by atoms with Crippen LogP contribution in [0.1, 0.15) is 12.5 Å². The van der Waals surface area contributed by atoms with Crippen LogP contribution in [0.15, 0.2) is 23.3 Å². The maximum Gasteiger partial charge on any atom is 0.329 e. The number of benzene rings is 1. The maximum atomic E-state index is 11.3. The largest absolute Gasteiger partial charge is 0.493 e. The Bertz CT molecular complexity index is 514. The first-order chi connectivity index (χ1) is 9.63. The number of ether oxygens (including phenoxy) is 2. The molecule has 1 aromatic carbocycles. The zero-order valence-corrected chi connectivity index (χ0v) is 11.6. The van der Waals surface area contributed by atoms with Crippen LogP contribution in [0.25, 0.3) is 0 Å². The van der Waals surface area contributed by atoms with Gasteiger partial charge in [0.25, 0.3) is 0 Å². The molecule has 0 aliphatic rings. The van der Waals surface area contributed by atoms with Crippen LogP contribution in [0.2, 0.25) is 0 Å². The van der Waals surface area contributed by atoms with Crippen LogP contribution in [-0.4, -0.2) is 38.8 Å². The molecular weight excluding hydrogens is 262 g/mol. The van der Waals surface area contributed by atoms with Crippen molar-refractivity contribution in [3.05, 3.63) is 23.8 Å². The molecule has 0 atom stereocenters. The Morgan fingerprint density at radius 3 is 2.60 bits per heavy atom. The fourth-order valence-electron chi connectivity index (χ4n) is 1.47. The minimum absolute atomic E-state index is 0.375. The molecule has 0 saturated heterocycles. The second-order valence-electron chi connectivity index (χ2n) is 3.64. The lowest BCUT2D eigenvalue weighted by Gasteiger charge is -2.09. The predicted molar refractivity (Wildman–Crippen MR) is 74.0 cm³/mol. The van der Waals surface area contributed by atoms with Crippen molar-refractivity contribution in [3.8, 4) is 11.5 Å². The van der Waals surface area contributed by atoms with Gasteiger partial charge in [-0.05, 0) is 19.1 Å². The Labute approximate surface area is 117 Å². The number of amides is 2. The van der Waals surface area contributed by atoms with E-state index in [1.807, 2.05) is 0 Å².